The van der Waals surface area contributed by atoms with Crippen LogP contribution in [0.4, 0.5) is 0 Å². The van der Waals surface area contributed by atoms with Gasteiger partial charge in [-0.25, -0.2) is 4.68 Å². The molecular weight excluding hydrogens is 422 g/mol. The van der Waals surface area contributed by atoms with Gasteiger partial charge in [-0.3, -0.25) is 9.59 Å². The van der Waals surface area contributed by atoms with Crippen molar-refractivity contribution < 1.29 is 18.7 Å². The van der Waals surface area contributed by atoms with Crippen molar-refractivity contribution >= 4 is 23.4 Å². The van der Waals surface area contributed by atoms with Crippen molar-refractivity contribution in [2.45, 2.75) is 19.3 Å². The van der Waals surface area contributed by atoms with Gasteiger partial charge in [0.2, 0.25) is 0 Å². The van der Waals surface area contributed by atoms with E-state index in [0.717, 1.165) is 5.56 Å². The number of carbonyl (C=O) groups excluding carboxylic acids is 2. The number of benzene rings is 1. The van der Waals surface area contributed by atoms with Crippen molar-refractivity contribution in [2.75, 3.05) is 26.2 Å². The number of rotatable bonds is 3. The molecule has 0 spiro atoms. The number of nitrogens with zero attached hydrogens (tertiary/aromatic N) is 5. The fourth-order valence-electron chi connectivity index (χ4n) is 3.89. The van der Waals surface area contributed by atoms with Crippen LogP contribution in [0.25, 0.3) is 0 Å². The average Bonchev–Trinajstić information content (AvgIpc) is 3.49. The number of fused-ring (bicyclic) bond motifs is 1. The van der Waals surface area contributed by atoms with E-state index in [1.165, 1.54) is 12.5 Å². The molecule has 0 bridgehead atoms. The lowest BCUT2D eigenvalue weighted by molar-refractivity contribution is -0.00202. The Morgan fingerprint density at radius 1 is 1.00 bits per heavy atom. The molecule has 4 heterocycles. The lowest BCUT2D eigenvalue weighted by atomic mass is 10.1. The van der Waals surface area contributed by atoms with E-state index in [2.05, 4.69) is 10.3 Å². The van der Waals surface area contributed by atoms with Gasteiger partial charge in [-0.15, -0.1) is 5.10 Å². The van der Waals surface area contributed by atoms with Crippen LogP contribution in [-0.2, 0) is 17.9 Å². The summed E-state index contributed by atoms with van der Waals surface area (Å²) in [6.07, 6.45) is 2.73. The molecule has 2 aromatic heterocycles. The zero-order chi connectivity index (χ0) is 21.4. The highest BCUT2D eigenvalue weighted by atomic mass is 35.5. The van der Waals surface area contributed by atoms with Crippen LogP contribution < -0.4 is 0 Å². The minimum Gasteiger partial charge on any atom is -0.472 e. The predicted molar refractivity (Wildman–Crippen MR) is 110 cm³/mol. The fourth-order valence-corrected chi connectivity index (χ4v) is 4.01. The Morgan fingerprint density at radius 3 is 2.39 bits per heavy atom. The van der Waals surface area contributed by atoms with Crippen molar-refractivity contribution in [1.82, 2.24) is 24.8 Å². The molecule has 2 amide bonds. The highest BCUT2D eigenvalue weighted by Crippen LogP contribution is 2.28. The van der Waals surface area contributed by atoms with Gasteiger partial charge in [0.05, 0.1) is 30.7 Å². The molecule has 1 aromatic carbocycles. The number of aromatic nitrogens is 3. The Hall–Kier alpha value is -3.17. The van der Waals surface area contributed by atoms with Crippen LogP contribution in [-0.4, -0.2) is 62.8 Å². The Labute approximate surface area is 183 Å². The molecule has 2 aliphatic heterocycles. The first kappa shape index (κ1) is 19.8. The average molecular weight is 442 g/mol. The first-order valence-corrected chi connectivity index (χ1v) is 10.4. The third-order valence-corrected chi connectivity index (χ3v) is 5.92. The smallest absolute Gasteiger partial charge is 0.276 e. The summed E-state index contributed by atoms with van der Waals surface area (Å²) in [7, 11) is 0. The van der Waals surface area contributed by atoms with Gasteiger partial charge in [0.15, 0.2) is 5.69 Å². The molecule has 9 nitrogen and oxygen atoms in total. The quantitative estimate of drug-likeness (QED) is 0.619. The van der Waals surface area contributed by atoms with Gasteiger partial charge >= 0.3 is 0 Å². The van der Waals surface area contributed by atoms with Crippen LogP contribution in [0.3, 0.4) is 0 Å². The standard InChI is InChI=1S/C21H20ClN5O4/c22-16-3-1-14(2-4-16)18-11-27-17(13-31-18)19(23-24-27)21(29)26-8-6-25(7-9-26)20(28)15-5-10-30-12-15/h1-5,10,12,18H,6-9,11,13H2/t18-/m1/s1. The SMILES string of the molecule is O=C(c1ccoc1)N1CCN(C(=O)c2nnn3c2CO[C@@H](c2ccc(Cl)cc2)C3)CC1. The van der Waals surface area contributed by atoms with Crippen molar-refractivity contribution in [3.05, 3.63) is 70.4 Å². The van der Waals surface area contributed by atoms with Gasteiger partial charge in [-0.1, -0.05) is 28.9 Å². The summed E-state index contributed by atoms with van der Waals surface area (Å²) in [6.45, 7) is 2.50. The molecule has 1 saturated heterocycles. The number of hydrogen-bond donors (Lipinski definition) is 0. The largest absolute Gasteiger partial charge is 0.472 e. The van der Waals surface area contributed by atoms with Gasteiger partial charge in [0, 0.05) is 31.2 Å². The lowest BCUT2D eigenvalue weighted by Gasteiger charge is -2.34. The maximum absolute atomic E-state index is 13.0. The summed E-state index contributed by atoms with van der Waals surface area (Å²) in [5.41, 5.74) is 2.49. The molecule has 10 heteroatoms. The number of halogens is 1. The normalized spacial score (nSPS) is 18.7. The van der Waals surface area contributed by atoms with E-state index in [-0.39, 0.29) is 24.5 Å². The third kappa shape index (κ3) is 3.82. The second-order valence-electron chi connectivity index (χ2n) is 7.51. The minimum absolute atomic E-state index is 0.0940. The summed E-state index contributed by atoms with van der Waals surface area (Å²) in [5, 5.41) is 8.99. The first-order chi connectivity index (χ1) is 15.1. The zero-order valence-electron chi connectivity index (χ0n) is 16.6. The molecule has 1 fully saturated rings. The van der Waals surface area contributed by atoms with Crippen molar-refractivity contribution in [1.29, 1.82) is 0 Å². The van der Waals surface area contributed by atoms with Crippen molar-refractivity contribution in [2.24, 2.45) is 0 Å². The Kier molecular flexibility index (Phi) is 5.21. The van der Waals surface area contributed by atoms with E-state index in [0.29, 0.717) is 54.7 Å². The minimum atomic E-state index is -0.190. The number of hydrogen-bond acceptors (Lipinski definition) is 6. The summed E-state index contributed by atoms with van der Waals surface area (Å²) in [5.74, 6) is -0.284. The molecule has 0 saturated carbocycles. The highest BCUT2D eigenvalue weighted by molar-refractivity contribution is 6.30. The molecule has 5 rings (SSSR count). The van der Waals surface area contributed by atoms with E-state index in [1.54, 1.807) is 20.5 Å². The van der Waals surface area contributed by atoms with E-state index >= 15 is 0 Å². The van der Waals surface area contributed by atoms with E-state index in [1.807, 2.05) is 24.3 Å². The molecule has 3 aromatic rings. The summed E-state index contributed by atoms with van der Waals surface area (Å²) in [4.78, 5) is 28.9. The van der Waals surface area contributed by atoms with Gasteiger partial charge in [-0.2, -0.15) is 0 Å². The summed E-state index contributed by atoms with van der Waals surface area (Å²) in [6, 6.07) is 9.13. The summed E-state index contributed by atoms with van der Waals surface area (Å²) < 4.78 is 12.7. The number of furan rings is 1. The summed E-state index contributed by atoms with van der Waals surface area (Å²) >= 11 is 5.96. The van der Waals surface area contributed by atoms with Gasteiger partial charge in [0.1, 0.15) is 12.4 Å². The number of amides is 2. The van der Waals surface area contributed by atoms with Crippen LogP contribution in [0, 0.1) is 0 Å². The maximum Gasteiger partial charge on any atom is 0.276 e. The van der Waals surface area contributed by atoms with E-state index in [4.69, 9.17) is 20.8 Å². The molecule has 0 N–H and O–H groups in total. The van der Waals surface area contributed by atoms with Crippen LogP contribution >= 0.6 is 11.6 Å². The molecule has 0 radical (unpaired) electrons. The predicted octanol–water partition coefficient (Wildman–Crippen LogP) is 2.39. The third-order valence-electron chi connectivity index (χ3n) is 5.66. The van der Waals surface area contributed by atoms with Gasteiger partial charge in [0.25, 0.3) is 11.8 Å². The van der Waals surface area contributed by atoms with E-state index < -0.39 is 0 Å². The monoisotopic (exact) mass is 441 g/mol. The molecule has 160 valence electrons. The zero-order valence-corrected chi connectivity index (χ0v) is 17.4. The molecule has 2 aliphatic rings. The molecule has 1 atom stereocenters. The molecular formula is C21H20ClN5O4. The highest BCUT2D eigenvalue weighted by Gasteiger charge is 2.32. The second-order valence-corrected chi connectivity index (χ2v) is 7.95. The van der Waals surface area contributed by atoms with Crippen molar-refractivity contribution in [3.63, 3.8) is 0 Å². The Balaban J connectivity index is 1.24. The Bertz CT molecular complexity index is 1090. The van der Waals surface area contributed by atoms with Crippen LogP contribution in [0.5, 0.6) is 0 Å². The van der Waals surface area contributed by atoms with Crippen molar-refractivity contribution in [3.8, 4) is 0 Å². The molecule has 31 heavy (non-hydrogen) atoms. The Morgan fingerprint density at radius 2 is 1.71 bits per heavy atom. The number of carbonyl (C=O) groups is 2. The second kappa shape index (κ2) is 8.16. The van der Waals surface area contributed by atoms with Gasteiger partial charge < -0.3 is 19.0 Å². The first-order valence-electron chi connectivity index (χ1n) is 10.0. The maximum atomic E-state index is 13.0. The van der Waals surface area contributed by atoms with Gasteiger partial charge in [-0.05, 0) is 23.8 Å². The number of ether oxygens (including phenoxy) is 1. The molecule has 0 aliphatic carbocycles. The fraction of sp³-hybridized carbons (Fsp3) is 0.333. The van der Waals surface area contributed by atoms with Crippen LogP contribution in [0.2, 0.25) is 5.02 Å². The topological polar surface area (TPSA) is 93.7 Å². The number of piperazine rings is 1. The lowest BCUT2D eigenvalue weighted by Crippen LogP contribution is -2.50. The van der Waals surface area contributed by atoms with E-state index in [9.17, 15) is 9.59 Å². The molecule has 0 unspecified atom stereocenters. The van der Waals surface area contributed by atoms with Crippen LogP contribution in [0.15, 0.2) is 47.3 Å². The van der Waals surface area contributed by atoms with Crippen LogP contribution in [0.1, 0.15) is 38.2 Å².